The molecule has 0 aliphatic heterocycles. The fourth-order valence-electron chi connectivity index (χ4n) is 1.56. The Morgan fingerprint density at radius 2 is 1.95 bits per heavy atom. The maximum Gasteiger partial charge on any atom is 0.241 e. The van der Waals surface area contributed by atoms with Gasteiger partial charge in [-0.2, -0.15) is 0 Å². The molecule has 2 amide bonds. The first-order valence-electron chi connectivity index (χ1n) is 6.48. The Morgan fingerprint density at radius 3 is 2.48 bits per heavy atom. The predicted octanol–water partition coefficient (Wildman–Crippen LogP) is 1.27. The van der Waals surface area contributed by atoms with Gasteiger partial charge in [-0.05, 0) is 32.2 Å². The predicted molar refractivity (Wildman–Crippen MR) is 85.3 cm³/mol. The Morgan fingerprint density at radius 1 is 1.33 bits per heavy atom. The Kier molecular flexibility index (Phi) is 5.99. The van der Waals surface area contributed by atoms with Gasteiger partial charge in [-0.15, -0.1) is 0 Å². The number of halogens is 1. The van der Waals surface area contributed by atoms with Gasteiger partial charge in [0.1, 0.15) is 0 Å². The SMILES string of the molecule is CC(C(=O)Nc1ccc(N)cc1Cl)N(C)CC(=O)N(C)C. The number of hydrogen-bond acceptors (Lipinski definition) is 4. The number of benzene rings is 1. The molecular weight excluding hydrogens is 292 g/mol. The highest BCUT2D eigenvalue weighted by Gasteiger charge is 2.21. The summed E-state index contributed by atoms with van der Waals surface area (Å²) >= 11 is 6.01. The zero-order chi connectivity index (χ0) is 16.2. The quantitative estimate of drug-likeness (QED) is 0.803. The van der Waals surface area contributed by atoms with Crippen LogP contribution in [0.15, 0.2) is 18.2 Å². The van der Waals surface area contributed by atoms with Gasteiger partial charge in [0.15, 0.2) is 0 Å². The zero-order valence-corrected chi connectivity index (χ0v) is 13.4. The monoisotopic (exact) mass is 312 g/mol. The Labute approximate surface area is 129 Å². The second kappa shape index (κ2) is 7.28. The zero-order valence-electron chi connectivity index (χ0n) is 12.7. The van der Waals surface area contributed by atoms with Crippen molar-refractivity contribution in [3.8, 4) is 0 Å². The average molecular weight is 313 g/mol. The van der Waals surface area contributed by atoms with Crippen molar-refractivity contribution in [2.75, 3.05) is 38.7 Å². The molecule has 0 aliphatic carbocycles. The number of rotatable bonds is 5. The summed E-state index contributed by atoms with van der Waals surface area (Å²) in [5.74, 6) is -0.307. The molecule has 0 spiro atoms. The van der Waals surface area contributed by atoms with Gasteiger partial charge in [0.2, 0.25) is 11.8 Å². The maximum absolute atomic E-state index is 12.2. The minimum absolute atomic E-state index is 0.0670. The second-order valence-electron chi connectivity index (χ2n) is 5.11. The van der Waals surface area contributed by atoms with E-state index < -0.39 is 6.04 Å². The Balaban J connectivity index is 2.68. The van der Waals surface area contributed by atoms with Crippen molar-refractivity contribution in [2.24, 2.45) is 0 Å². The molecular formula is C14H21ClN4O2. The molecule has 1 aromatic carbocycles. The van der Waals surface area contributed by atoms with E-state index in [1.165, 1.54) is 4.90 Å². The lowest BCUT2D eigenvalue weighted by Crippen LogP contribution is -2.44. The molecule has 1 atom stereocenters. The van der Waals surface area contributed by atoms with Crippen molar-refractivity contribution in [3.63, 3.8) is 0 Å². The first-order valence-corrected chi connectivity index (χ1v) is 6.86. The van der Waals surface area contributed by atoms with E-state index in [0.717, 1.165) is 0 Å². The number of nitrogens with zero attached hydrogens (tertiary/aromatic N) is 2. The van der Waals surface area contributed by atoms with Crippen LogP contribution in [-0.4, -0.2) is 55.3 Å². The highest BCUT2D eigenvalue weighted by molar-refractivity contribution is 6.34. The normalized spacial score (nSPS) is 12.1. The van der Waals surface area contributed by atoms with E-state index in [2.05, 4.69) is 5.32 Å². The van der Waals surface area contributed by atoms with Crippen LogP contribution in [-0.2, 0) is 9.59 Å². The summed E-state index contributed by atoms with van der Waals surface area (Å²) in [7, 11) is 5.07. The number of carbonyl (C=O) groups is 2. The van der Waals surface area contributed by atoms with Crippen LogP contribution in [0.1, 0.15) is 6.92 Å². The summed E-state index contributed by atoms with van der Waals surface area (Å²) in [6.07, 6.45) is 0. The van der Waals surface area contributed by atoms with Crippen LogP contribution < -0.4 is 11.1 Å². The number of nitrogens with one attached hydrogen (secondary N) is 1. The summed E-state index contributed by atoms with van der Waals surface area (Å²) in [4.78, 5) is 27.0. The van der Waals surface area contributed by atoms with E-state index in [0.29, 0.717) is 16.4 Å². The molecule has 1 unspecified atom stereocenters. The smallest absolute Gasteiger partial charge is 0.241 e. The number of carbonyl (C=O) groups excluding carboxylic acids is 2. The molecule has 0 fully saturated rings. The summed E-state index contributed by atoms with van der Waals surface area (Å²) in [6.45, 7) is 1.89. The third-order valence-corrected chi connectivity index (χ3v) is 3.49. The number of hydrogen-bond donors (Lipinski definition) is 2. The fourth-order valence-corrected chi connectivity index (χ4v) is 1.80. The molecule has 6 nitrogen and oxygen atoms in total. The van der Waals surface area contributed by atoms with Crippen LogP contribution in [0.4, 0.5) is 11.4 Å². The number of nitrogens with two attached hydrogens (primary N) is 1. The number of nitrogen functional groups attached to an aromatic ring is 1. The van der Waals surface area contributed by atoms with E-state index in [4.69, 9.17) is 17.3 Å². The molecule has 116 valence electrons. The summed E-state index contributed by atoms with van der Waals surface area (Å²) in [5.41, 5.74) is 6.62. The van der Waals surface area contributed by atoms with E-state index >= 15 is 0 Å². The number of likely N-dealkylation sites (N-methyl/N-ethyl adjacent to an activating group) is 2. The first kappa shape index (κ1) is 17.3. The van der Waals surface area contributed by atoms with Crippen LogP contribution in [0.5, 0.6) is 0 Å². The lowest BCUT2D eigenvalue weighted by Gasteiger charge is -2.24. The van der Waals surface area contributed by atoms with E-state index in [1.807, 2.05) is 0 Å². The molecule has 0 bridgehead atoms. The van der Waals surface area contributed by atoms with Crippen LogP contribution >= 0.6 is 11.6 Å². The molecule has 7 heteroatoms. The molecule has 1 rings (SSSR count). The largest absolute Gasteiger partial charge is 0.399 e. The maximum atomic E-state index is 12.2. The third-order valence-electron chi connectivity index (χ3n) is 3.18. The standard InChI is InChI=1S/C14H21ClN4O2/c1-9(19(4)8-13(20)18(2)3)14(21)17-12-6-5-10(16)7-11(12)15/h5-7,9H,8,16H2,1-4H3,(H,17,21). The van der Waals surface area contributed by atoms with E-state index in [1.54, 1.807) is 51.2 Å². The minimum atomic E-state index is -0.470. The Bertz CT molecular complexity index is 534. The van der Waals surface area contributed by atoms with E-state index in [9.17, 15) is 9.59 Å². The van der Waals surface area contributed by atoms with E-state index in [-0.39, 0.29) is 18.4 Å². The first-order chi connectivity index (χ1) is 9.72. The number of amides is 2. The highest BCUT2D eigenvalue weighted by atomic mass is 35.5. The summed E-state index contributed by atoms with van der Waals surface area (Å²) in [5, 5.41) is 3.10. The highest BCUT2D eigenvalue weighted by Crippen LogP contribution is 2.24. The topological polar surface area (TPSA) is 78.7 Å². The van der Waals surface area contributed by atoms with Crippen molar-refractivity contribution < 1.29 is 9.59 Å². The lowest BCUT2D eigenvalue weighted by atomic mass is 10.2. The van der Waals surface area contributed by atoms with Crippen molar-refractivity contribution in [1.29, 1.82) is 0 Å². The van der Waals surface area contributed by atoms with Gasteiger partial charge in [-0.3, -0.25) is 14.5 Å². The van der Waals surface area contributed by atoms with Crippen LogP contribution in [0.25, 0.3) is 0 Å². The van der Waals surface area contributed by atoms with Gasteiger partial charge in [0.05, 0.1) is 23.3 Å². The molecule has 1 aromatic rings. The van der Waals surface area contributed by atoms with Crippen molar-refractivity contribution in [1.82, 2.24) is 9.80 Å². The van der Waals surface area contributed by atoms with Gasteiger partial charge in [0.25, 0.3) is 0 Å². The van der Waals surface area contributed by atoms with Gasteiger partial charge in [-0.1, -0.05) is 11.6 Å². The van der Waals surface area contributed by atoms with Crippen molar-refractivity contribution in [3.05, 3.63) is 23.2 Å². The second-order valence-corrected chi connectivity index (χ2v) is 5.51. The van der Waals surface area contributed by atoms with Gasteiger partial charge in [-0.25, -0.2) is 0 Å². The molecule has 3 N–H and O–H groups in total. The molecule has 0 aromatic heterocycles. The van der Waals surface area contributed by atoms with Gasteiger partial charge >= 0.3 is 0 Å². The van der Waals surface area contributed by atoms with Crippen LogP contribution in [0.3, 0.4) is 0 Å². The molecule has 0 heterocycles. The van der Waals surface area contributed by atoms with Gasteiger partial charge < -0.3 is 16.0 Å². The number of anilines is 2. The van der Waals surface area contributed by atoms with Crippen molar-refractivity contribution in [2.45, 2.75) is 13.0 Å². The average Bonchev–Trinajstić information content (AvgIpc) is 2.40. The molecule has 0 saturated heterocycles. The van der Waals surface area contributed by atoms with Crippen molar-refractivity contribution >= 4 is 34.8 Å². The molecule has 0 saturated carbocycles. The fraction of sp³-hybridized carbons (Fsp3) is 0.429. The summed E-state index contributed by atoms with van der Waals surface area (Å²) < 4.78 is 0. The van der Waals surface area contributed by atoms with Crippen LogP contribution in [0.2, 0.25) is 5.02 Å². The lowest BCUT2D eigenvalue weighted by molar-refractivity contribution is -0.131. The summed E-state index contributed by atoms with van der Waals surface area (Å²) in [6, 6.07) is 4.40. The molecule has 0 radical (unpaired) electrons. The Hall–Kier alpha value is -1.79. The third kappa shape index (κ3) is 4.91. The molecule has 0 aliphatic rings. The minimum Gasteiger partial charge on any atom is -0.399 e. The molecule has 21 heavy (non-hydrogen) atoms. The van der Waals surface area contributed by atoms with Gasteiger partial charge in [0, 0.05) is 19.8 Å². The van der Waals surface area contributed by atoms with Crippen LogP contribution in [0, 0.1) is 0 Å².